The quantitative estimate of drug-likeness (QED) is 0.894. The topological polar surface area (TPSA) is 47.0 Å². The Kier molecular flexibility index (Phi) is 4.34. The summed E-state index contributed by atoms with van der Waals surface area (Å²) in [5.41, 5.74) is 2.16. The number of ether oxygens (including phenoxy) is 1. The average Bonchev–Trinajstić information content (AvgIpc) is 2.39. The minimum atomic E-state index is 0.726. The number of hydrogen-bond donors (Lipinski definition) is 1. The van der Waals surface area contributed by atoms with Crippen LogP contribution in [0.2, 0.25) is 0 Å². The van der Waals surface area contributed by atoms with Crippen molar-refractivity contribution in [2.24, 2.45) is 0 Å². The fourth-order valence-corrected chi connectivity index (χ4v) is 1.91. The second-order valence-corrected chi connectivity index (χ2v) is 4.37. The Morgan fingerprint density at radius 2 is 1.89 bits per heavy atom. The van der Waals surface area contributed by atoms with Crippen LogP contribution >= 0.6 is 0 Å². The fourth-order valence-electron chi connectivity index (χ4n) is 1.91. The Labute approximate surface area is 113 Å². The van der Waals surface area contributed by atoms with Gasteiger partial charge in [0.15, 0.2) is 0 Å². The Balaban J connectivity index is 2.17. The first-order chi connectivity index (χ1) is 9.21. The third kappa shape index (κ3) is 3.68. The summed E-state index contributed by atoms with van der Waals surface area (Å²) in [6.07, 6.45) is 0.726. The van der Waals surface area contributed by atoms with E-state index in [2.05, 4.69) is 22.2 Å². The predicted octanol–water partition coefficient (Wildman–Crippen LogP) is 2.82. The zero-order chi connectivity index (χ0) is 13.7. The maximum atomic E-state index is 5.15. The SMILES string of the molecule is CCNc1cc(C)nc(Cc2ccc(OC)cc2)n1. The number of methoxy groups -OCH3 is 1. The van der Waals surface area contributed by atoms with Gasteiger partial charge < -0.3 is 10.1 Å². The highest BCUT2D eigenvalue weighted by atomic mass is 16.5. The zero-order valence-electron chi connectivity index (χ0n) is 11.6. The highest BCUT2D eigenvalue weighted by molar-refractivity contribution is 5.36. The minimum absolute atomic E-state index is 0.726. The molecule has 0 aliphatic carbocycles. The van der Waals surface area contributed by atoms with Gasteiger partial charge in [-0.3, -0.25) is 0 Å². The van der Waals surface area contributed by atoms with E-state index in [-0.39, 0.29) is 0 Å². The van der Waals surface area contributed by atoms with Crippen LogP contribution in [0.4, 0.5) is 5.82 Å². The molecule has 4 nitrogen and oxygen atoms in total. The van der Waals surface area contributed by atoms with Crippen molar-refractivity contribution in [3.8, 4) is 5.75 Å². The second kappa shape index (κ2) is 6.18. The van der Waals surface area contributed by atoms with Gasteiger partial charge in [0.05, 0.1) is 7.11 Å². The van der Waals surface area contributed by atoms with Gasteiger partial charge in [-0.25, -0.2) is 9.97 Å². The first-order valence-electron chi connectivity index (χ1n) is 6.42. The number of rotatable bonds is 5. The first kappa shape index (κ1) is 13.3. The van der Waals surface area contributed by atoms with Gasteiger partial charge in [-0.15, -0.1) is 0 Å². The molecule has 0 saturated carbocycles. The van der Waals surface area contributed by atoms with E-state index in [1.165, 1.54) is 5.56 Å². The van der Waals surface area contributed by atoms with Gasteiger partial charge >= 0.3 is 0 Å². The lowest BCUT2D eigenvalue weighted by Crippen LogP contribution is -2.05. The van der Waals surface area contributed by atoms with E-state index in [4.69, 9.17) is 4.74 Å². The maximum absolute atomic E-state index is 5.15. The van der Waals surface area contributed by atoms with Crippen LogP contribution in [-0.4, -0.2) is 23.6 Å². The minimum Gasteiger partial charge on any atom is -0.497 e. The van der Waals surface area contributed by atoms with Crippen LogP contribution in [0.3, 0.4) is 0 Å². The monoisotopic (exact) mass is 257 g/mol. The molecule has 4 heteroatoms. The molecule has 0 spiro atoms. The average molecular weight is 257 g/mol. The van der Waals surface area contributed by atoms with E-state index in [1.54, 1.807) is 7.11 Å². The third-order valence-corrected chi connectivity index (χ3v) is 2.78. The van der Waals surface area contributed by atoms with Crippen molar-refractivity contribution in [1.29, 1.82) is 0 Å². The molecule has 0 unspecified atom stereocenters. The number of hydrogen-bond acceptors (Lipinski definition) is 4. The largest absolute Gasteiger partial charge is 0.497 e. The molecule has 0 radical (unpaired) electrons. The van der Waals surface area contributed by atoms with Gasteiger partial charge in [0.1, 0.15) is 17.4 Å². The number of nitrogens with one attached hydrogen (secondary N) is 1. The summed E-state index contributed by atoms with van der Waals surface area (Å²) < 4.78 is 5.15. The van der Waals surface area contributed by atoms with Crippen LogP contribution in [0, 0.1) is 6.92 Å². The van der Waals surface area contributed by atoms with E-state index < -0.39 is 0 Å². The van der Waals surface area contributed by atoms with E-state index in [9.17, 15) is 0 Å². The third-order valence-electron chi connectivity index (χ3n) is 2.78. The van der Waals surface area contributed by atoms with Crippen LogP contribution < -0.4 is 10.1 Å². The molecule has 0 aliphatic rings. The molecule has 1 aromatic heterocycles. The number of aryl methyl sites for hydroxylation is 1. The summed E-state index contributed by atoms with van der Waals surface area (Å²) >= 11 is 0. The summed E-state index contributed by atoms with van der Waals surface area (Å²) in [6, 6.07) is 9.95. The molecule has 0 atom stereocenters. The Hall–Kier alpha value is -2.10. The normalized spacial score (nSPS) is 10.3. The highest BCUT2D eigenvalue weighted by Crippen LogP contribution is 2.14. The lowest BCUT2D eigenvalue weighted by molar-refractivity contribution is 0.414. The molecular weight excluding hydrogens is 238 g/mol. The smallest absolute Gasteiger partial charge is 0.135 e. The second-order valence-electron chi connectivity index (χ2n) is 4.37. The molecule has 2 aromatic rings. The summed E-state index contributed by atoms with van der Waals surface area (Å²) in [4.78, 5) is 8.98. The molecule has 0 bridgehead atoms. The number of aromatic nitrogens is 2. The van der Waals surface area contributed by atoms with Crippen molar-refractivity contribution in [2.45, 2.75) is 20.3 Å². The molecule has 0 fully saturated rings. The number of nitrogens with zero attached hydrogens (tertiary/aromatic N) is 2. The van der Waals surface area contributed by atoms with Crippen LogP contribution in [0.15, 0.2) is 30.3 Å². The molecule has 1 aromatic carbocycles. The summed E-state index contributed by atoms with van der Waals surface area (Å²) in [6.45, 7) is 4.90. The van der Waals surface area contributed by atoms with Gasteiger partial charge in [0.2, 0.25) is 0 Å². The van der Waals surface area contributed by atoms with E-state index >= 15 is 0 Å². The Bertz CT molecular complexity index is 538. The van der Waals surface area contributed by atoms with Crippen molar-refractivity contribution >= 4 is 5.82 Å². The van der Waals surface area contributed by atoms with Gasteiger partial charge in [-0.05, 0) is 31.5 Å². The van der Waals surface area contributed by atoms with E-state index in [0.717, 1.165) is 36.1 Å². The molecule has 100 valence electrons. The van der Waals surface area contributed by atoms with Crippen molar-refractivity contribution < 1.29 is 4.74 Å². The maximum Gasteiger partial charge on any atom is 0.135 e. The van der Waals surface area contributed by atoms with Gasteiger partial charge in [0.25, 0.3) is 0 Å². The van der Waals surface area contributed by atoms with Crippen LogP contribution in [0.5, 0.6) is 5.75 Å². The molecular formula is C15H19N3O. The van der Waals surface area contributed by atoms with E-state index in [1.807, 2.05) is 37.3 Å². The van der Waals surface area contributed by atoms with Gasteiger partial charge in [-0.2, -0.15) is 0 Å². The first-order valence-corrected chi connectivity index (χ1v) is 6.42. The van der Waals surface area contributed by atoms with Crippen molar-refractivity contribution in [2.75, 3.05) is 19.0 Å². The zero-order valence-corrected chi connectivity index (χ0v) is 11.6. The predicted molar refractivity (Wildman–Crippen MR) is 76.7 cm³/mol. The molecule has 0 amide bonds. The van der Waals surface area contributed by atoms with Crippen LogP contribution in [-0.2, 0) is 6.42 Å². The summed E-state index contributed by atoms with van der Waals surface area (Å²) in [5.74, 6) is 2.59. The molecule has 2 rings (SSSR count). The number of anilines is 1. The van der Waals surface area contributed by atoms with Crippen molar-refractivity contribution in [3.63, 3.8) is 0 Å². The molecule has 1 heterocycles. The number of benzene rings is 1. The Morgan fingerprint density at radius 1 is 1.16 bits per heavy atom. The lowest BCUT2D eigenvalue weighted by atomic mass is 10.1. The summed E-state index contributed by atoms with van der Waals surface area (Å²) in [7, 11) is 1.67. The van der Waals surface area contributed by atoms with Gasteiger partial charge in [0, 0.05) is 24.7 Å². The van der Waals surface area contributed by atoms with Gasteiger partial charge in [-0.1, -0.05) is 12.1 Å². The molecule has 0 aliphatic heterocycles. The lowest BCUT2D eigenvalue weighted by Gasteiger charge is -2.07. The van der Waals surface area contributed by atoms with E-state index in [0.29, 0.717) is 0 Å². The highest BCUT2D eigenvalue weighted by Gasteiger charge is 2.03. The summed E-state index contributed by atoms with van der Waals surface area (Å²) in [5, 5.41) is 3.22. The van der Waals surface area contributed by atoms with Crippen LogP contribution in [0.1, 0.15) is 24.0 Å². The standard InChI is InChI=1S/C15H19N3O/c1-4-16-14-9-11(2)17-15(18-14)10-12-5-7-13(19-3)8-6-12/h5-9H,4,10H2,1-3H3,(H,16,17,18). The van der Waals surface area contributed by atoms with Crippen molar-refractivity contribution in [3.05, 3.63) is 47.4 Å². The van der Waals surface area contributed by atoms with Crippen molar-refractivity contribution in [1.82, 2.24) is 9.97 Å². The molecule has 1 N–H and O–H groups in total. The Morgan fingerprint density at radius 3 is 2.53 bits per heavy atom. The van der Waals surface area contributed by atoms with Crippen LogP contribution in [0.25, 0.3) is 0 Å². The molecule has 0 saturated heterocycles. The fraction of sp³-hybridized carbons (Fsp3) is 0.333. The molecule has 19 heavy (non-hydrogen) atoms.